The molecular formula is C21H22ClN5O2. The number of carbonyl (C=O) groups is 2. The minimum Gasteiger partial charge on any atom is -0.324 e. The maximum atomic E-state index is 12.6. The summed E-state index contributed by atoms with van der Waals surface area (Å²) < 4.78 is 1.41. The number of anilines is 2. The van der Waals surface area contributed by atoms with Crippen molar-refractivity contribution in [1.82, 2.24) is 15.0 Å². The molecule has 7 nitrogen and oxygen atoms in total. The van der Waals surface area contributed by atoms with Gasteiger partial charge in [0, 0.05) is 16.4 Å². The second kappa shape index (κ2) is 8.45. The quantitative estimate of drug-likeness (QED) is 0.662. The fraction of sp³-hybridized carbons (Fsp3) is 0.238. The Morgan fingerprint density at radius 1 is 1.00 bits per heavy atom. The van der Waals surface area contributed by atoms with Gasteiger partial charge in [0.2, 0.25) is 5.91 Å². The van der Waals surface area contributed by atoms with Gasteiger partial charge in [-0.05, 0) is 56.5 Å². The fourth-order valence-corrected chi connectivity index (χ4v) is 3.15. The third kappa shape index (κ3) is 4.46. The highest BCUT2D eigenvalue weighted by Gasteiger charge is 2.19. The van der Waals surface area contributed by atoms with Crippen LogP contribution in [0.3, 0.4) is 0 Å². The first-order valence-corrected chi connectivity index (χ1v) is 9.48. The van der Waals surface area contributed by atoms with E-state index in [2.05, 4.69) is 20.9 Å². The van der Waals surface area contributed by atoms with Gasteiger partial charge in [-0.3, -0.25) is 9.59 Å². The Balaban J connectivity index is 1.72. The Morgan fingerprint density at radius 3 is 2.34 bits per heavy atom. The average Bonchev–Trinajstić information content (AvgIpc) is 3.02. The van der Waals surface area contributed by atoms with Gasteiger partial charge in [0.1, 0.15) is 6.54 Å². The van der Waals surface area contributed by atoms with Crippen LogP contribution in [-0.4, -0.2) is 26.8 Å². The van der Waals surface area contributed by atoms with E-state index in [1.807, 2.05) is 39.0 Å². The number of benzene rings is 2. The summed E-state index contributed by atoms with van der Waals surface area (Å²) in [7, 11) is 0. The molecule has 150 valence electrons. The van der Waals surface area contributed by atoms with Gasteiger partial charge in [-0.25, -0.2) is 4.68 Å². The summed E-state index contributed by atoms with van der Waals surface area (Å²) in [4.78, 5) is 25.1. The second-order valence-electron chi connectivity index (χ2n) is 6.86. The minimum absolute atomic E-state index is 0.0456. The van der Waals surface area contributed by atoms with Gasteiger partial charge in [-0.2, -0.15) is 0 Å². The predicted octanol–water partition coefficient (Wildman–Crippen LogP) is 4.06. The maximum Gasteiger partial charge on any atom is 0.278 e. The van der Waals surface area contributed by atoms with Gasteiger partial charge >= 0.3 is 0 Å². The molecule has 0 saturated heterocycles. The van der Waals surface area contributed by atoms with E-state index >= 15 is 0 Å². The molecule has 0 unspecified atom stereocenters. The van der Waals surface area contributed by atoms with Gasteiger partial charge in [-0.1, -0.05) is 41.1 Å². The molecule has 0 aliphatic carbocycles. The SMILES string of the molecule is Cc1cccc(C)c1NC(=O)Cn1nnc(C(=O)Nc2cccc(Cl)c2C)c1C. The molecule has 0 radical (unpaired) electrons. The number of nitrogens with one attached hydrogen (secondary N) is 2. The summed E-state index contributed by atoms with van der Waals surface area (Å²) in [6.45, 7) is 7.34. The Morgan fingerprint density at radius 2 is 1.66 bits per heavy atom. The lowest BCUT2D eigenvalue weighted by molar-refractivity contribution is -0.117. The molecule has 1 heterocycles. The normalized spacial score (nSPS) is 10.7. The van der Waals surface area contributed by atoms with Gasteiger partial charge in [0.15, 0.2) is 5.69 Å². The monoisotopic (exact) mass is 411 g/mol. The molecule has 1 aromatic heterocycles. The Hall–Kier alpha value is -3.19. The molecule has 3 aromatic rings. The van der Waals surface area contributed by atoms with Crippen LogP contribution >= 0.6 is 11.6 Å². The van der Waals surface area contributed by atoms with E-state index in [-0.39, 0.29) is 18.1 Å². The van der Waals surface area contributed by atoms with E-state index in [9.17, 15) is 9.59 Å². The number of amides is 2. The van der Waals surface area contributed by atoms with Gasteiger partial charge in [-0.15, -0.1) is 5.10 Å². The largest absolute Gasteiger partial charge is 0.324 e. The van der Waals surface area contributed by atoms with E-state index < -0.39 is 5.91 Å². The first-order valence-electron chi connectivity index (χ1n) is 9.10. The molecule has 8 heteroatoms. The zero-order chi connectivity index (χ0) is 21.1. The molecule has 2 amide bonds. The van der Waals surface area contributed by atoms with Crippen molar-refractivity contribution >= 4 is 34.8 Å². The number of para-hydroxylation sites is 1. The van der Waals surface area contributed by atoms with Gasteiger partial charge in [0.25, 0.3) is 5.91 Å². The number of halogens is 1. The third-order valence-corrected chi connectivity index (χ3v) is 5.16. The number of hydrogen-bond donors (Lipinski definition) is 2. The van der Waals surface area contributed by atoms with Crippen LogP contribution in [0.5, 0.6) is 0 Å². The van der Waals surface area contributed by atoms with Crippen LogP contribution in [0.4, 0.5) is 11.4 Å². The lowest BCUT2D eigenvalue weighted by Gasteiger charge is -2.12. The summed E-state index contributed by atoms with van der Waals surface area (Å²) in [6, 6.07) is 11.1. The van der Waals surface area contributed by atoms with Crippen molar-refractivity contribution in [1.29, 1.82) is 0 Å². The van der Waals surface area contributed by atoms with Crippen molar-refractivity contribution in [2.45, 2.75) is 34.2 Å². The topological polar surface area (TPSA) is 88.9 Å². The number of aryl methyl sites for hydroxylation is 2. The molecule has 29 heavy (non-hydrogen) atoms. The molecule has 3 rings (SSSR count). The van der Waals surface area contributed by atoms with E-state index in [0.29, 0.717) is 16.4 Å². The molecule has 0 bridgehead atoms. The molecule has 0 aliphatic heterocycles. The first kappa shape index (κ1) is 20.5. The number of hydrogen-bond acceptors (Lipinski definition) is 4. The first-order chi connectivity index (χ1) is 13.8. The molecule has 0 fully saturated rings. The maximum absolute atomic E-state index is 12.6. The number of carbonyl (C=O) groups excluding carboxylic acids is 2. The zero-order valence-electron chi connectivity index (χ0n) is 16.7. The van der Waals surface area contributed by atoms with Crippen LogP contribution in [0, 0.1) is 27.7 Å². The van der Waals surface area contributed by atoms with Crippen molar-refractivity contribution in [2.75, 3.05) is 10.6 Å². The van der Waals surface area contributed by atoms with Crippen molar-refractivity contribution in [3.05, 3.63) is 69.5 Å². The fourth-order valence-electron chi connectivity index (χ4n) is 2.97. The number of aromatic nitrogens is 3. The molecule has 0 aliphatic rings. The summed E-state index contributed by atoms with van der Waals surface area (Å²) >= 11 is 6.10. The van der Waals surface area contributed by atoms with Crippen LogP contribution in [0.2, 0.25) is 5.02 Å². The van der Waals surface area contributed by atoms with Crippen molar-refractivity contribution < 1.29 is 9.59 Å². The summed E-state index contributed by atoms with van der Waals surface area (Å²) in [5.74, 6) is -0.651. The highest BCUT2D eigenvalue weighted by Crippen LogP contribution is 2.23. The van der Waals surface area contributed by atoms with Crippen LogP contribution in [0.15, 0.2) is 36.4 Å². The highest BCUT2D eigenvalue weighted by molar-refractivity contribution is 6.31. The summed E-state index contributed by atoms with van der Waals surface area (Å²) in [5.41, 5.74) is 4.76. The highest BCUT2D eigenvalue weighted by atomic mass is 35.5. The molecule has 0 saturated carbocycles. The lowest BCUT2D eigenvalue weighted by Crippen LogP contribution is -2.22. The van der Waals surface area contributed by atoms with E-state index in [0.717, 1.165) is 22.4 Å². The second-order valence-corrected chi connectivity index (χ2v) is 7.27. The van der Waals surface area contributed by atoms with Crippen LogP contribution in [-0.2, 0) is 11.3 Å². The smallest absolute Gasteiger partial charge is 0.278 e. The van der Waals surface area contributed by atoms with E-state index in [1.165, 1.54) is 4.68 Å². The zero-order valence-corrected chi connectivity index (χ0v) is 17.5. The molecule has 2 N–H and O–H groups in total. The van der Waals surface area contributed by atoms with Gasteiger partial charge < -0.3 is 10.6 Å². The van der Waals surface area contributed by atoms with Crippen LogP contribution in [0.1, 0.15) is 32.9 Å². The standard InChI is InChI=1S/C21H22ClN5O2/c1-12-7-5-8-13(2)19(12)24-18(28)11-27-15(4)20(25-26-27)21(29)23-17-10-6-9-16(22)14(17)3/h5-10H,11H2,1-4H3,(H,23,29)(H,24,28). The van der Waals surface area contributed by atoms with E-state index in [4.69, 9.17) is 11.6 Å². The van der Waals surface area contributed by atoms with Crippen molar-refractivity contribution in [3.63, 3.8) is 0 Å². The lowest BCUT2D eigenvalue weighted by atomic mass is 10.1. The molecule has 0 spiro atoms. The van der Waals surface area contributed by atoms with Gasteiger partial charge in [0.05, 0.1) is 5.69 Å². The van der Waals surface area contributed by atoms with Crippen LogP contribution < -0.4 is 10.6 Å². The summed E-state index contributed by atoms with van der Waals surface area (Å²) in [6.07, 6.45) is 0. The molecule has 2 aromatic carbocycles. The Kier molecular flexibility index (Phi) is 5.98. The van der Waals surface area contributed by atoms with E-state index in [1.54, 1.807) is 25.1 Å². The number of rotatable bonds is 5. The summed E-state index contributed by atoms with van der Waals surface area (Å²) in [5, 5.41) is 14.2. The third-order valence-electron chi connectivity index (χ3n) is 4.75. The Bertz CT molecular complexity index is 1070. The molecule has 0 atom stereocenters. The minimum atomic E-state index is -0.408. The molecular weight excluding hydrogens is 390 g/mol. The van der Waals surface area contributed by atoms with Crippen molar-refractivity contribution in [3.8, 4) is 0 Å². The van der Waals surface area contributed by atoms with Crippen molar-refractivity contribution in [2.24, 2.45) is 0 Å². The Labute approximate surface area is 174 Å². The average molecular weight is 412 g/mol. The van der Waals surface area contributed by atoms with Crippen LogP contribution in [0.25, 0.3) is 0 Å². The predicted molar refractivity (Wildman–Crippen MR) is 113 cm³/mol. The number of nitrogens with zero attached hydrogens (tertiary/aromatic N) is 3.